The Morgan fingerprint density at radius 3 is 2.32 bits per heavy atom. The molecule has 8 heteroatoms. The van der Waals surface area contributed by atoms with Crippen LogP contribution in [0, 0.1) is 0 Å². The summed E-state index contributed by atoms with van der Waals surface area (Å²) < 4.78 is 2.06. The van der Waals surface area contributed by atoms with Crippen molar-refractivity contribution in [3.8, 4) is 22.4 Å². The minimum atomic E-state index is -1.36. The lowest BCUT2D eigenvalue weighted by molar-refractivity contribution is 0.0899. The van der Waals surface area contributed by atoms with Crippen molar-refractivity contribution < 1.29 is 5.11 Å². The second-order valence-corrected chi connectivity index (χ2v) is 10.0. The molecule has 1 atom stereocenters. The van der Waals surface area contributed by atoms with Gasteiger partial charge in [0.05, 0.1) is 5.69 Å². The first-order chi connectivity index (χ1) is 16.5. The molecule has 0 aliphatic rings. The lowest BCUT2D eigenvalue weighted by Crippen LogP contribution is -2.36. The third-order valence-electron chi connectivity index (χ3n) is 5.95. The average molecular weight is 599 g/mol. The summed E-state index contributed by atoms with van der Waals surface area (Å²) in [7, 11) is 1.57. The van der Waals surface area contributed by atoms with Crippen molar-refractivity contribution in [2.75, 3.05) is 6.54 Å². The van der Waals surface area contributed by atoms with Gasteiger partial charge >= 0.3 is 0 Å². The van der Waals surface area contributed by atoms with Crippen molar-refractivity contribution in [1.29, 1.82) is 0 Å². The van der Waals surface area contributed by atoms with Crippen LogP contribution in [0.4, 0.5) is 0 Å². The van der Waals surface area contributed by atoms with E-state index in [-0.39, 0.29) is 6.54 Å². The first kappa shape index (κ1) is 23.3. The zero-order valence-corrected chi connectivity index (χ0v) is 21.6. The molecule has 170 valence electrons. The fourth-order valence-electron chi connectivity index (χ4n) is 4.15. The summed E-state index contributed by atoms with van der Waals surface area (Å²) in [5, 5.41) is 13.0. The molecule has 34 heavy (non-hydrogen) atoms. The van der Waals surface area contributed by atoms with E-state index in [2.05, 4.69) is 48.5 Å². The summed E-state index contributed by atoms with van der Waals surface area (Å²) in [5.41, 5.74) is 10.8. The molecule has 0 saturated carbocycles. The Bertz CT molecular complexity index is 1440. The smallest absolute Gasteiger partial charge is 0.151 e. The second-order valence-electron chi connectivity index (χ2n) is 7.86. The highest BCUT2D eigenvalue weighted by Crippen LogP contribution is 2.39. The predicted molar refractivity (Wildman–Crippen MR) is 149 cm³/mol. The van der Waals surface area contributed by atoms with Gasteiger partial charge in [-0.2, -0.15) is 0 Å². The molecule has 3 N–H and O–H groups in total. The number of aromatic nitrogens is 3. The van der Waals surface area contributed by atoms with E-state index in [4.69, 9.17) is 22.3 Å². The highest BCUT2D eigenvalue weighted by atomic mass is 127. The summed E-state index contributed by atoms with van der Waals surface area (Å²) in [5.74, 6) is 0. The van der Waals surface area contributed by atoms with Crippen LogP contribution in [0.15, 0.2) is 91.4 Å². The van der Waals surface area contributed by atoms with Gasteiger partial charge in [0, 0.05) is 82.6 Å². The van der Waals surface area contributed by atoms with E-state index in [9.17, 15) is 5.11 Å². The Morgan fingerprint density at radius 1 is 0.941 bits per heavy atom. The molecule has 5 nitrogen and oxygen atoms in total. The summed E-state index contributed by atoms with van der Waals surface area (Å²) in [6.07, 6.45) is 5.60. The van der Waals surface area contributed by atoms with Gasteiger partial charge in [0.2, 0.25) is 0 Å². The SMILES string of the molecule is NCC(O)(c1ccc(Cl)cc1)c1ccc(-c2ccnc3c2c(-c2ccccc2)cn3SI)nc1. The molecule has 5 rings (SSSR count). The first-order valence-electron chi connectivity index (χ1n) is 10.5. The number of hydrogen-bond acceptors (Lipinski definition) is 5. The Hall–Kier alpha value is -2.43. The molecular weight excluding hydrogens is 579 g/mol. The van der Waals surface area contributed by atoms with Crippen molar-refractivity contribution in [1.82, 2.24) is 13.9 Å². The van der Waals surface area contributed by atoms with Gasteiger partial charge in [0.1, 0.15) is 5.60 Å². The second kappa shape index (κ2) is 9.67. The van der Waals surface area contributed by atoms with Crippen LogP contribution in [0.3, 0.4) is 0 Å². The number of aliphatic hydroxyl groups is 1. The topological polar surface area (TPSA) is 77.0 Å². The van der Waals surface area contributed by atoms with Crippen LogP contribution < -0.4 is 5.73 Å². The van der Waals surface area contributed by atoms with Crippen molar-refractivity contribution in [2.45, 2.75) is 5.60 Å². The molecule has 0 saturated heterocycles. The lowest BCUT2D eigenvalue weighted by Gasteiger charge is -2.27. The summed E-state index contributed by atoms with van der Waals surface area (Å²) in [6, 6.07) is 23.1. The molecule has 0 aliphatic carbocycles. The Balaban J connectivity index is 1.63. The fourth-order valence-corrected chi connectivity index (χ4v) is 5.53. The van der Waals surface area contributed by atoms with Crippen LogP contribution in [0.2, 0.25) is 5.02 Å². The van der Waals surface area contributed by atoms with Crippen LogP contribution in [0.1, 0.15) is 11.1 Å². The van der Waals surface area contributed by atoms with Gasteiger partial charge in [-0.25, -0.2) is 4.98 Å². The first-order valence-corrected chi connectivity index (χ1v) is 14.2. The van der Waals surface area contributed by atoms with E-state index in [1.54, 1.807) is 45.8 Å². The van der Waals surface area contributed by atoms with E-state index < -0.39 is 5.60 Å². The largest absolute Gasteiger partial charge is 0.379 e. The highest BCUT2D eigenvalue weighted by molar-refractivity contribution is 14.2. The van der Waals surface area contributed by atoms with Gasteiger partial charge in [0.15, 0.2) is 5.65 Å². The molecule has 1 unspecified atom stereocenters. The normalized spacial score (nSPS) is 13.2. The Kier molecular flexibility index (Phi) is 6.63. The molecule has 5 aromatic rings. The molecule has 2 aromatic carbocycles. The van der Waals surface area contributed by atoms with Gasteiger partial charge in [-0.3, -0.25) is 8.96 Å². The number of rotatable bonds is 6. The standard InChI is InChI=1S/C26H20ClIN4OS/c27-20-9-6-18(7-10-20)26(33,16-29)19-8-11-23(31-14-19)21-12-13-30-25-24(21)22(15-32(25)34-28)17-4-2-1-3-5-17/h1-15,33H,16,29H2. The van der Waals surface area contributed by atoms with Gasteiger partial charge in [-0.1, -0.05) is 60.1 Å². The fraction of sp³-hybridized carbons (Fsp3) is 0.0769. The number of nitrogens with zero attached hydrogens (tertiary/aromatic N) is 3. The zero-order chi connectivity index (χ0) is 23.7. The van der Waals surface area contributed by atoms with Crippen molar-refractivity contribution in [3.05, 3.63) is 108 Å². The number of halogens is 2. The number of fused-ring (bicyclic) bond motifs is 1. The molecule has 0 spiro atoms. The Labute approximate surface area is 218 Å². The quantitative estimate of drug-likeness (QED) is 0.220. The van der Waals surface area contributed by atoms with Crippen LogP contribution >= 0.6 is 41.9 Å². The molecular formula is C26H20ClIN4OS. The van der Waals surface area contributed by atoms with Gasteiger partial charge in [-0.15, -0.1) is 0 Å². The molecule has 0 fully saturated rings. The van der Waals surface area contributed by atoms with Crippen molar-refractivity contribution >= 4 is 53.0 Å². The van der Waals surface area contributed by atoms with Crippen LogP contribution in [-0.4, -0.2) is 25.6 Å². The minimum Gasteiger partial charge on any atom is -0.379 e. The maximum Gasteiger partial charge on any atom is 0.151 e. The van der Waals surface area contributed by atoms with Gasteiger partial charge in [0.25, 0.3) is 0 Å². The molecule has 3 aromatic heterocycles. The van der Waals surface area contributed by atoms with Crippen LogP contribution in [0.25, 0.3) is 33.4 Å². The minimum absolute atomic E-state index is 0.0169. The maximum absolute atomic E-state index is 11.4. The van der Waals surface area contributed by atoms with Crippen molar-refractivity contribution in [2.24, 2.45) is 5.73 Å². The highest BCUT2D eigenvalue weighted by Gasteiger charge is 2.30. The molecule has 0 radical (unpaired) electrons. The lowest BCUT2D eigenvalue weighted by atomic mass is 9.87. The van der Waals surface area contributed by atoms with E-state index in [1.807, 2.05) is 36.4 Å². The van der Waals surface area contributed by atoms with E-state index in [0.717, 1.165) is 33.4 Å². The van der Waals surface area contributed by atoms with E-state index in [1.165, 1.54) is 0 Å². The number of hydrogen-bond donors (Lipinski definition) is 2. The third kappa shape index (κ3) is 4.12. The van der Waals surface area contributed by atoms with Crippen LogP contribution in [-0.2, 0) is 5.60 Å². The van der Waals surface area contributed by atoms with Crippen molar-refractivity contribution in [3.63, 3.8) is 0 Å². The number of nitrogens with two attached hydrogens (primary N) is 1. The monoisotopic (exact) mass is 598 g/mol. The number of benzene rings is 2. The molecule has 3 heterocycles. The zero-order valence-electron chi connectivity index (χ0n) is 17.9. The summed E-state index contributed by atoms with van der Waals surface area (Å²) >= 11 is 8.28. The molecule has 0 amide bonds. The maximum atomic E-state index is 11.4. The third-order valence-corrected chi connectivity index (χ3v) is 7.90. The molecule has 0 bridgehead atoms. The Morgan fingerprint density at radius 2 is 1.68 bits per heavy atom. The summed E-state index contributed by atoms with van der Waals surface area (Å²) in [4.78, 5) is 9.38. The average Bonchev–Trinajstić information content (AvgIpc) is 3.28. The van der Waals surface area contributed by atoms with Crippen LogP contribution in [0.5, 0.6) is 0 Å². The van der Waals surface area contributed by atoms with E-state index >= 15 is 0 Å². The number of pyridine rings is 2. The van der Waals surface area contributed by atoms with Gasteiger partial charge < -0.3 is 10.8 Å². The van der Waals surface area contributed by atoms with E-state index in [0.29, 0.717) is 16.1 Å². The summed E-state index contributed by atoms with van der Waals surface area (Å²) in [6.45, 7) is 0.0169. The predicted octanol–water partition coefficient (Wildman–Crippen LogP) is 6.46. The molecule has 0 aliphatic heterocycles. The van der Waals surface area contributed by atoms with Gasteiger partial charge in [-0.05, 0) is 35.4 Å².